The topological polar surface area (TPSA) is 86.3 Å². The SMILES string of the molecule is O=C(NCc1cccc(F)c1)Nc1nc(CNCCO)cs1. The van der Waals surface area contributed by atoms with Crippen LogP contribution in [0.15, 0.2) is 29.6 Å². The van der Waals surface area contributed by atoms with Crippen molar-refractivity contribution in [1.29, 1.82) is 0 Å². The summed E-state index contributed by atoms with van der Waals surface area (Å²) >= 11 is 1.31. The Morgan fingerprint density at radius 1 is 1.36 bits per heavy atom. The van der Waals surface area contributed by atoms with Gasteiger partial charge in [-0.05, 0) is 17.7 Å². The summed E-state index contributed by atoms with van der Waals surface area (Å²) in [5.41, 5.74) is 1.47. The molecule has 0 saturated carbocycles. The van der Waals surface area contributed by atoms with E-state index in [1.165, 1.54) is 23.5 Å². The Balaban J connectivity index is 1.77. The van der Waals surface area contributed by atoms with E-state index in [2.05, 4.69) is 20.9 Å². The summed E-state index contributed by atoms with van der Waals surface area (Å²) in [4.78, 5) is 16.0. The number of rotatable bonds is 7. The Bertz CT molecular complexity index is 620. The van der Waals surface area contributed by atoms with E-state index in [1.807, 2.05) is 5.38 Å². The Kier molecular flexibility index (Phi) is 6.26. The quantitative estimate of drug-likeness (QED) is 0.584. The molecule has 0 aliphatic rings. The molecule has 2 amide bonds. The van der Waals surface area contributed by atoms with Crippen LogP contribution in [0.1, 0.15) is 11.3 Å². The minimum absolute atomic E-state index is 0.0672. The number of carbonyl (C=O) groups excluding carboxylic acids is 1. The number of anilines is 1. The maximum atomic E-state index is 13.0. The number of benzene rings is 1. The predicted molar refractivity (Wildman–Crippen MR) is 83.2 cm³/mol. The molecular formula is C14H17FN4O2S. The number of aliphatic hydroxyl groups is 1. The zero-order valence-electron chi connectivity index (χ0n) is 11.8. The highest BCUT2D eigenvalue weighted by Gasteiger charge is 2.06. The van der Waals surface area contributed by atoms with Crippen molar-refractivity contribution in [3.8, 4) is 0 Å². The van der Waals surface area contributed by atoms with Crippen LogP contribution in [0.4, 0.5) is 14.3 Å². The predicted octanol–water partition coefficient (Wildman–Crippen LogP) is 1.69. The summed E-state index contributed by atoms with van der Waals surface area (Å²) in [7, 11) is 0. The Morgan fingerprint density at radius 3 is 3.00 bits per heavy atom. The van der Waals surface area contributed by atoms with Gasteiger partial charge >= 0.3 is 6.03 Å². The van der Waals surface area contributed by atoms with E-state index in [9.17, 15) is 9.18 Å². The van der Waals surface area contributed by atoms with Crippen LogP contribution in [0, 0.1) is 5.82 Å². The van der Waals surface area contributed by atoms with Crippen LogP contribution in [0.2, 0.25) is 0 Å². The van der Waals surface area contributed by atoms with Crippen LogP contribution in [0.25, 0.3) is 0 Å². The first kappa shape index (κ1) is 16.3. The molecule has 0 saturated heterocycles. The number of aromatic nitrogens is 1. The Labute approximate surface area is 131 Å². The van der Waals surface area contributed by atoms with Crippen molar-refractivity contribution in [3.63, 3.8) is 0 Å². The number of carbonyl (C=O) groups is 1. The molecule has 4 N–H and O–H groups in total. The monoisotopic (exact) mass is 324 g/mol. The molecule has 0 unspecified atom stereocenters. The van der Waals surface area contributed by atoms with Gasteiger partial charge in [0.05, 0.1) is 12.3 Å². The van der Waals surface area contributed by atoms with E-state index < -0.39 is 6.03 Å². The molecule has 1 heterocycles. The average molecular weight is 324 g/mol. The van der Waals surface area contributed by atoms with Gasteiger partial charge in [0, 0.05) is 25.0 Å². The molecule has 0 radical (unpaired) electrons. The van der Waals surface area contributed by atoms with E-state index >= 15 is 0 Å². The summed E-state index contributed by atoms with van der Waals surface area (Å²) in [6.45, 7) is 1.33. The van der Waals surface area contributed by atoms with Gasteiger partial charge < -0.3 is 15.7 Å². The molecule has 2 aromatic rings. The lowest BCUT2D eigenvalue weighted by Gasteiger charge is -2.05. The second-order valence-electron chi connectivity index (χ2n) is 4.48. The molecule has 0 bridgehead atoms. The Morgan fingerprint density at radius 2 is 2.23 bits per heavy atom. The van der Waals surface area contributed by atoms with E-state index in [1.54, 1.807) is 12.1 Å². The number of amides is 2. The van der Waals surface area contributed by atoms with Gasteiger partial charge in [0.15, 0.2) is 5.13 Å². The van der Waals surface area contributed by atoms with Crippen molar-refractivity contribution in [2.24, 2.45) is 0 Å². The summed E-state index contributed by atoms with van der Waals surface area (Å²) < 4.78 is 13.0. The standard InChI is InChI=1S/C14H17FN4O2S/c15-11-3-1-2-10(6-11)7-17-13(21)19-14-18-12(9-22-14)8-16-4-5-20/h1-3,6,9,16,20H,4-5,7-8H2,(H2,17,18,19,21). The fourth-order valence-corrected chi connectivity index (χ4v) is 2.42. The van der Waals surface area contributed by atoms with Gasteiger partial charge in [-0.25, -0.2) is 14.2 Å². The van der Waals surface area contributed by atoms with Crippen LogP contribution < -0.4 is 16.0 Å². The van der Waals surface area contributed by atoms with Gasteiger partial charge in [-0.1, -0.05) is 12.1 Å². The van der Waals surface area contributed by atoms with Crippen LogP contribution in [-0.4, -0.2) is 29.3 Å². The molecule has 0 spiro atoms. The third-order valence-corrected chi connectivity index (χ3v) is 3.52. The maximum Gasteiger partial charge on any atom is 0.321 e. The van der Waals surface area contributed by atoms with Gasteiger partial charge in [0.25, 0.3) is 0 Å². The van der Waals surface area contributed by atoms with Crippen molar-refractivity contribution in [3.05, 3.63) is 46.7 Å². The summed E-state index contributed by atoms with van der Waals surface area (Å²) in [6, 6.07) is 5.66. The number of nitrogens with zero attached hydrogens (tertiary/aromatic N) is 1. The first-order valence-corrected chi connectivity index (χ1v) is 7.60. The van der Waals surface area contributed by atoms with Gasteiger partial charge in [-0.3, -0.25) is 5.32 Å². The third-order valence-electron chi connectivity index (χ3n) is 2.71. The summed E-state index contributed by atoms with van der Waals surface area (Å²) in [6.07, 6.45) is 0. The highest BCUT2D eigenvalue weighted by molar-refractivity contribution is 7.13. The van der Waals surface area contributed by atoms with Crippen molar-refractivity contribution in [2.75, 3.05) is 18.5 Å². The minimum atomic E-state index is -0.395. The number of aliphatic hydroxyl groups excluding tert-OH is 1. The van der Waals surface area contributed by atoms with E-state index in [-0.39, 0.29) is 19.0 Å². The number of thiazole rings is 1. The first-order chi connectivity index (χ1) is 10.7. The van der Waals surface area contributed by atoms with Crippen molar-refractivity contribution >= 4 is 22.5 Å². The number of nitrogens with one attached hydrogen (secondary N) is 3. The van der Waals surface area contributed by atoms with Gasteiger partial charge in [0.1, 0.15) is 5.82 Å². The second-order valence-corrected chi connectivity index (χ2v) is 5.34. The fourth-order valence-electron chi connectivity index (χ4n) is 1.71. The molecule has 8 heteroatoms. The molecule has 0 aliphatic carbocycles. The first-order valence-electron chi connectivity index (χ1n) is 6.72. The van der Waals surface area contributed by atoms with Gasteiger partial charge in [0.2, 0.25) is 0 Å². The van der Waals surface area contributed by atoms with E-state index in [0.717, 1.165) is 5.69 Å². The molecule has 1 aromatic heterocycles. The van der Waals surface area contributed by atoms with Crippen molar-refractivity contribution < 1.29 is 14.3 Å². The molecule has 0 aliphatic heterocycles. The fraction of sp³-hybridized carbons (Fsp3) is 0.286. The average Bonchev–Trinajstić information content (AvgIpc) is 2.93. The highest BCUT2D eigenvalue weighted by Crippen LogP contribution is 2.15. The number of hydrogen-bond acceptors (Lipinski definition) is 5. The lowest BCUT2D eigenvalue weighted by Crippen LogP contribution is -2.28. The van der Waals surface area contributed by atoms with Gasteiger partial charge in [-0.2, -0.15) is 0 Å². The zero-order valence-corrected chi connectivity index (χ0v) is 12.6. The maximum absolute atomic E-state index is 13.0. The molecule has 6 nitrogen and oxygen atoms in total. The Hall–Kier alpha value is -2.03. The number of hydrogen-bond donors (Lipinski definition) is 4. The normalized spacial score (nSPS) is 10.5. The van der Waals surface area contributed by atoms with E-state index in [0.29, 0.717) is 23.8 Å². The molecule has 0 fully saturated rings. The van der Waals surface area contributed by atoms with Gasteiger partial charge in [-0.15, -0.1) is 11.3 Å². The van der Waals surface area contributed by atoms with Crippen LogP contribution in [0.3, 0.4) is 0 Å². The van der Waals surface area contributed by atoms with Crippen molar-refractivity contribution in [1.82, 2.24) is 15.6 Å². The molecular weight excluding hydrogens is 307 g/mol. The zero-order chi connectivity index (χ0) is 15.8. The van der Waals surface area contributed by atoms with Crippen molar-refractivity contribution in [2.45, 2.75) is 13.1 Å². The summed E-state index contributed by atoms with van der Waals surface area (Å²) in [5, 5.41) is 19.2. The lowest BCUT2D eigenvalue weighted by molar-refractivity contribution is 0.251. The molecule has 2 rings (SSSR count). The van der Waals surface area contributed by atoms with Crippen LogP contribution >= 0.6 is 11.3 Å². The third kappa shape index (κ3) is 5.40. The van der Waals surface area contributed by atoms with Crippen LogP contribution in [-0.2, 0) is 13.1 Å². The molecule has 0 atom stereocenters. The largest absolute Gasteiger partial charge is 0.395 e. The number of urea groups is 1. The lowest BCUT2D eigenvalue weighted by atomic mass is 10.2. The van der Waals surface area contributed by atoms with E-state index in [4.69, 9.17) is 5.11 Å². The summed E-state index contributed by atoms with van der Waals surface area (Å²) in [5.74, 6) is -0.334. The second kappa shape index (κ2) is 8.42. The molecule has 1 aromatic carbocycles. The molecule has 22 heavy (non-hydrogen) atoms. The molecule has 118 valence electrons. The number of halogens is 1. The smallest absolute Gasteiger partial charge is 0.321 e. The highest BCUT2D eigenvalue weighted by atomic mass is 32.1. The minimum Gasteiger partial charge on any atom is -0.395 e. The van der Waals surface area contributed by atoms with Crippen LogP contribution in [0.5, 0.6) is 0 Å².